The van der Waals surface area contributed by atoms with Crippen molar-refractivity contribution in [1.29, 1.82) is 0 Å². The van der Waals surface area contributed by atoms with Gasteiger partial charge in [0.2, 0.25) is 0 Å². The molecule has 128 valence electrons. The molecular weight excluding hydrogens is 332 g/mol. The van der Waals surface area contributed by atoms with Crippen LogP contribution >= 0.6 is 0 Å². The second-order valence-electron chi connectivity index (χ2n) is 6.59. The number of hydrogen-bond donors (Lipinski definition) is 0. The minimum atomic E-state index is -0.347. The molecule has 0 unspecified atom stereocenters. The number of rotatable bonds is 2. The second kappa shape index (κ2) is 6.26. The zero-order chi connectivity index (χ0) is 18.2. The Hall–Kier alpha value is -3.65. The molecule has 0 atom stereocenters. The van der Waals surface area contributed by atoms with Crippen molar-refractivity contribution in [3.8, 4) is 5.75 Å². The maximum Gasteiger partial charge on any atom is 0.343 e. The Balaban J connectivity index is 1.64. The van der Waals surface area contributed by atoms with Gasteiger partial charge in [0, 0.05) is 0 Å². The molecule has 0 radical (unpaired) electrons. The summed E-state index contributed by atoms with van der Waals surface area (Å²) < 4.78 is 5.61. The van der Waals surface area contributed by atoms with Crippen molar-refractivity contribution >= 4 is 38.3 Å². The third-order valence-electron chi connectivity index (χ3n) is 4.94. The van der Waals surface area contributed by atoms with Crippen molar-refractivity contribution in [2.75, 3.05) is 0 Å². The molecule has 0 bridgehead atoms. The third kappa shape index (κ3) is 2.72. The highest BCUT2D eigenvalue weighted by atomic mass is 16.5. The van der Waals surface area contributed by atoms with E-state index in [0.29, 0.717) is 11.3 Å². The van der Waals surface area contributed by atoms with Gasteiger partial charge in [0.15, 0.2) is 0 Å². The number of benzene rings is 5. The molecule has 5 aromatic rings. The van der Waals surface area contributed by atoms with Gasteiger partial charge in [0.05, 0.1) is 5.56 Å². The summed E-state index contributed by atoms with van der Waals surface area (Å²) in [6, 6.07) is 31.8. The zero-order valence-electron chi connectivity index (χ0n) is 14.6. The fourth-order valence-corrected chi connectivity index (χ4v) is 3.60. The summed E-state index contributed by atoms with van der Waals surface area (Å²) in [6.07, 6.45) is 0. The van der Waals surface area contributed by atoms with E-state index < -0.39 is 0 Å². The minimum absolute atomic E-state index is 0.347. The molecule has 5 aromatic carbocycles. The van der Waals surface area contributed by atoms with Gasteiger partial charge < -0.3 is 4.74 Å². The second-order valence-corrected chi connectivity index (χ2v) is 6.59. The van der Waals surface area contributed by atoms with Crippen molar-refractivity contribution in [3.63, 3.8) is 0 Å². The molecule has 5 rings (SSSR count). The standard InChI is InChI=1S/C25H16O2/c26-25(19-7-2-1-3-8-19)27-20-13-10-18-12-14-22-21-9-5-4-6-17(21)11-15-23(22)24(18)16-20/h1-16H. The molecule has 0 aliphatic heterocycles. The molecule has 0 fully saturated rings. The lowest BCUT2D eigenvalue weighted by Gasteiger charge is -2.10. The van der Waals surface area contributed by atoms with E-state index in [4.69, 9.17) is 4.74 Å². The van der Waals surface area contributed by atoms with E-state index in [2.05, 4.69) is 48.5 Å². The zero-order valence-corrected chi connectivity index (χ0v) is 14.6. The molecule has 0 spiro atoms. The Morgan fingerprint density at radius 3 is 2.00 bits per heavy atom. The van der Waals surface area contributed by atoms with Crippen LogP contribution in [0.1, 0.15) is 10.4 Å². The van der Waals surface area contributed by atoms with Crippen LogP contribution in [0.15, 0.2) is 97.1 Å². The highest BCUT2D eigenvalue weighted by molar-refractivity contribution is 6.17. The molecule has 27 heavy (non-hydrogen) atoms. The molecule has 0 saturated heterocycles. The summed E-state index contributed by atoms with van der Waals surface area (Å²) in [4.78, 5) is 12.4. The van der Waals surface area contributed by atoms with Gasteiger partial charge in [0.25, 0.3) is 0 Å². The lowest BCUT2D eigenvalue weighted by Crippen LogP contribution is -2.07. The fraction of sp³-hybridized carbons (Fsp3) is 0. The average Bonchev–Trinajstić information content (AvgIpc) is 2.74. The SMILES string of the molecule is O=C(Oc1ccc2ccc3c4ccccc4ccc3c2c1)c1ccccc1. The van der Waals surface area contributed by atoms with Gasteiger partial charge in [-0.25, -0.2) is 4.79 Å². The summed E-state index contributed by atoms with van der Waals surface area (Å²) in [5.41, 5.74) is 0.543. The minimum Gasteiger partial charge on any atom is -0.423 e. The first-order chi connectivity index (χ1) is 13.3. The van der Waals surface area contributed by atoms with Crippen molar-refractivity contribution in [1.82, 2.24) is 0 Å². The van der Waals surface area contributed by atoms with Gasteiger partial charge in [-0.2, -0.15) is 0 Å². The quantitative estimate of drug-likeness (QED) is 0.211. The van der Waals surface area contributed by atoms with Gasteiger partial charge in [-0.05, 0) is 56.6 Å². The molecule has 0 aliphatic rings. The lowest BCUT2D eigenvalue weighted by molar-refractivity contribution is 0.0735. The lowest BCUT2D eigenvalue weighted by atomic mass is 9.97. The summed E-state index contributed by atoms with van der Waals surface area (Å²) >= 11 is 0. The first-order valence-electron chi connectivity index (χ1n) is 8.91. The van der Waals surface area contributed by atoms with Gasteiger partial charge in [0.1, 0.15) is 5.75 Å². The first-order valence-corrected chi connectivity index (χ1v) is 8.91. The number of ether oxygens (including phenoxy) is 1. The normalized spacial score (nSPS) is 11.1. The Labute approximate surface area is 156 Å². The monoisotopic (exact) mass is 348 g/mol. The smallest absolute Gasteiger partial charge is 0.343 e. The Morgan fingerprint density at radius 1 is 0.556 bits per heavy atom. The first kappa shape index (κ1) is 15.6. The van der Waals surface area contributed by atoms with Crippen LogP contribution in [-0.4, -0.2) is 5.97 Å². The number of hydrogen-bond acceptors (Lipinski definition) is 2. The molecule has 0 saturated carbocycles. The number of fused-ring (bicyclic) bond motifs is 5. The van der Waals surface area contributed by atoms with Crippen molar-refractivity contribution in [3.05, 3.63) is 103 Å². The fourth-order valence-electron chi connectivity index (χ4n) is 3.60. The van der Waals surface area contributed by atoms with Crippen LogP contribution in [0.25, 0.3) is 32.3 Å². The van der Waals surface area contributed by atoms with E-state index in [-0.39, 0.29) is 5.97 Å². The number of esters is 1. The van der Waals surface area contributed by atoms with Gasteiger partial charge >= 0.3 is 5.97 Å². The maximum atomic E-state index is 12.4. The van der Waals surface area contributed by atoms with Crippen LogP contribution in [-0.2, 0) is 0 Å². The Bertz CT molecular complexity index is 1300. The molecule has 0 heterocycles. The van der Waals surface area contributed by atoms with Crippen molar-refractivity contribution in [2.45, 2.75) is 0 Å². The van der Waals surface area contributed by atoms with Crippen LogP contribution in [0, 0.1) is 0 Å². The van der Waals surface area contributed by atoms with Crippen molar-refractivity contribution in [2.24, 2.45) is 0 Å². The summed E-state index contributed by atoms with van der Waals surface area (Å²) in [6.45, 7) is 0. The van der Waals surface area contributed by atoms with Crippen LogP contribution in [0.5, 0.6) is 5.75 Å². The molecular formula is C25H16O2. The highest BCUT2D eigenvalue weighted by Crippen LogP contribution is 2.33. The van der Waals surface area contributed by atoms with Crippen molar-refractivity contribution < 1.29 is 9.53 Å². The van der Waals surface area contributed by atoms with Crippen LogP contribution in [0.4, 0.5) is 0 Å². The molecule has 0 N–H and O–H groups in total. The van der Waals surface area contributed by atoms with Gasteiger partial charge in [-0.1, -0.05) is 72.8 Å². The maximum absolute atomic E-state index is 12.4. The highest BCUT2D eigenvalue weighted by Gasteiger charge is 2.10. The number of carbonyl (C=O) groups excluding carboxylic acids is 1. The number of carbonyl (C=O) groups is 1. The van der Waals surface area contributed by atoms with Crippen LogP contribution in [0.2, 0.25) is 0 Å². The topological polar surface area (TPSA) is 26.3 Å². The Kier molecular flexibility index (Phi) is 3.61. The third-order valence-corrected chi connectivity index (χ3v) is 4.94. The van der Waals surface area contributed by atoms with E-state index >= 15 is 0 Å². The predicted octanol–water partition coefficient (Wildman–Crippen LogP) is 6.37. The van der Waals surface area contributed by atoms with Crippen LogP contribution in [0.3, 0.4) is 0 Å². The van der Waals surface area contributed by atoms with Gasteiger partial charge in [-0.3, -0.25) is 0 Å². The summed E-state index contributed by atoms with van der Waals surface area (Å²) in [5.74, 6) is 0.206. The van der Waals surface area contributed by atoms with E-state index in [1.165, 1.54) is 16.2 Å². The van der Waals surface area contributed by atoms with Crippen LogP contribution < -0.4 is 4.74 Å². The molecule has 0 amide bonds. The molecule has 2 nitrogen and oxygen atoms in total. The Morgan fingerprint density at radius 2 is 1.19 bits per heavy atom. The predicted molar refractivity (Wildman–Crippen MR) is 110 cm³/mol. The van der Waals surface area contributed by atoms with E-state index in [9.17, 15) is 4.79 Å². The van der Waals surface area contributed by atoms with E-state index in [0.717, 1.165) is 16.2 Å². The van der Waals surface area contributed by atoms with Gasteiger partial charge in [-0.15, -0.1) is 0 Å². The molecule has 0 aliphatic carbocycles. The summed E-state index contributed by atoms with van der Waals surface area (Å²) in [5, 5.41) is 7.00. The average molecular weight is 348 g/mol. The molecule has 2 heteroatoms. The largest absolute Gasteiger partial charge is 0.423 e. The van der Waals surface area contributed by atoms with E-state index in [1.807, 2.05) is 36.4 Å². The molecule has 0 aromatic heterocycles. The summed E-state index contributed by atoms with van der Waals surface area (Å²) in [7, 11) is 0. The van der Waals surface area contributed by atoms with E-state index in [1.54, 1.807) is 12.1 Å².